The smallest absolute Gasteiger partial charge is 0.272 e. The van der Waals surface area contributed by atoms with E-state index in [1.54, 1.807) is 19.2 Å². The van der Waals surface area contributed by atoms with Crippen molar-refractivity contribution in [2.45, 2.75) is 6.92 Å². The first-order valence-electron chi connectivity index (χ1n) is 6.06. The molecular formula is C13H15FN4OS. The molecule has 5 nitrogen and oxygen atoms in total. The first-order chi connectivity index (χ1) is 9.52. The van der Waals surface area contributed by atoms with Gasteiger partial charge in [-0.25, -0.2) is 9.37 Å². The number of hydrogen-bond donors (Lipinski definition) is 2. The lowest BCUT2D eigenvalue weighted by Crippen LogP contribution is -2.26. The number of aromatic nitrogens is 1. The molecule has 1 aromatic carbocycles. The molecule has 0 atom stereocenters. The monoisotopic (exact) mass is 294 g/mol. The van der Waals surface area contributed by atoms with E-state index < -0.39 is 5.82 Å². The van der Waals surface area contributed by atoms with Crippen LogP contribution in [0.1, 0.15) is 16.6 Å². The lowest BCUT2D eigenvalue weighted by Gasteiger charge is -2.16. The Hall–Kier alpha value is -2.15. The molecule has 7 heteroatoms. The van der Waals surface area contributed by atoms with Gasteiger partial charge in [0.15, 0.2) is 5.13 Å². The zero-order valence-corrected chi connectivity index (χ0v) is 12.0. The summed E-state index contributed by atoms with van der Waals surface area (Å²) in [5.74, 6) is -0.526. The van der Waals surface area contributed by atoms with Crippen molar-refractivity contribution in [3.8, 4) is 0 Å². The van der Waals surface area contributed by atoms with Gasteiger partial charge < -0.3 is 16.0 Å². The molecule has 0 spiro atoms. The number of nitrogens with one attached hydrogen (secondary N) is 1. The lowest BCUT2D eigenvalue weighted by molar-refractivity contribution is 0.0997. The maximum Gasteiger partial charge on any atom is 0.272 e. The minimum Gasteiger partial charge on any atom is -0.382 e. The van der Waals surface area contributed by atoms with Crippen LogP contribution in [0.2, 0.25) is 0 Å². The third kappa shape index (κ3) is 2.88. The van der Waals surface area contributed by atoms with Gasteiger partial charge in [-0.2, -0.15) is 0 Å². The summed E-state index contributed by atoms with van der Waals surface area (Å²) in [6, 6.07) is 5.82. The Morgan fingerprint density at radius 2 is 2.30 bits per heavy atom. The molecule has 20 heavy (non-hydrogen) atoms. The molecule has 0 aliphatic rings. The van der Waals surface area contributed by atoms with Gasteiger partial charge in [-0.3, -0.25) is 4.79 Å². The van der Waals surface area contributed by atoms with Crippen LogP contribution >= 0.6 is 11.3 Å². The van der Waals surface area contributed by atoms with Crippen LogP contribution in [-0.4, -0.2) is 24.5 Å². The molecule has 2 aromatic rings. The standard InChI is InChI=1S/C13H15FN4OS/c1-3-16-13-17-11(15)10(20-13)12(19)18(2)9-6-4-5-8(14)7-9/h4-7H,3,15H2,1-2H3,(H,16,17). The molecule has 0 saturated carbocycles. The fraction of sp³-hybridized carbons (Fsp3) is 0.231. The van der Waals surface area contributed by atoms with E-state index in [0.29, 0.717) is 22.2 Å². The van der Waals surface area contributed by atoms with E-state index in [9.17, 15) is 9.18 Å². The highest BCUT2D eigenvalue weighted by Crippen LogP contribution is 2.27. The van der Waals surface area contributed by atoms with E-state index in [4.69, 9.17) is 5.73 Å². The van der Waals surface area contributed by atoms with Crippen molar-refractivity contribution in [2.24, 2.45) is 0 Å². The van der Waals surface area contributed by atoms with Gasteiger partial charge in [-0.05, 0) is 25.1 Å². The molecule has 0 saturated heterocycles. The number of hydrogen-bond acceptors (Lipinski definition) is 5. The van der Waals surface area contributed by atoms with Crippen molar-refractivity contribution in [2.75, 3.05) is 29.5 Å². The second-order valence-corrected chi connectivity index (χ2v) is 5.11. The van der Waals surface area contributed by atoms with E-state index in [2.05, 4.69) is 10.3 Å². The number of carbonyl (C=O) groups is 1. The maximum atomic E-state index is 13.2. The number of carbonyl (C=O) groups excluding carboxylic acids is 1. The van der Waals surface area contributed by atoms with Gasteiger partial charge in [0.25, 0.3) is 5.91 Å². The topological polar surface area (TPSA) is 71.2 Å². The second kappa shape index (κ2) is 5.87. The molecule has 106 valence electrons. The number of anilines is 3. The van der Waals surface area contributed by atoms with E-state index >= 15 is 0 Å². The molecule has 0 unspecified atom stereocenters. The number of thiazole rings is 1. The highest BCUT2D eigenvalue weighted by molar-refractivity contribution is 7.18. The average molecular weight is 294 g/mol. The fourth-order valence-electron chi connectivity index (χ4n) is 1.67. The summed E-state index contributed by atoms with van der Waals surface area (Å²) in [5, 5.41) is 3.61. The molecule has 1 heterocycles. The van der Waals surface area contributed by atoms with Gasteiger partial charge in [0.1, 0.15) is 16.5 Å². The number of nitrogens with zero attached hydrogens (tertiary/aromatic N) is 2. The number of rotatable bonds is 4. The van der Waals surface area contributed by atoms with E-state index in [1.165, 1.54) is 28.4 Å². The highest BCUT2D eigenvalue weighted by atomic mass is 32.1. The average Bonchev–Trinajstić information content (AvgIpc) is 2.78. The first-order valence-corrected chi connectivity index (χ1v) is 6.88. The summed E-state index contributed by atoms with van der Waals surface area (Å²) in [7, 11) is 1.57. The largest absolute Gasteiger partial charge is 0.382 e. The van der Waals surface area contributed by atoms with E-state index in [0.717, 1.165) is 0 Å². The summed E-state index contributed by atoms with van der Waals surface area (Å²) in [6.45, 7) is 2.62. The minimum absolute atomic E-state index is 0.180. The molecule has 0 bridgehead atoms. The maximum absolute atomic E-state index is 13.2. The Bertz CT molecular complexity index is 629. The van der Waals surface area contributed by atoms with Crippen LogP contribution in [0.15, 0.2) is 24.3 Å². The molecule has 0 aliphatic carbocycles. The number of amides is 1. The third-order valence-corrected chi connectivity index (χ3v) is 3.69. The Balaban J connectivity index is 2.26. The van der Waals surface area contributed by atoms with Gasteiger partial charge in [-0.1, -0.05) is 17.4 Å². The fourth-order valence-corrected chi connectivity index (χ4v) is 2.59. The van der Waals surface area contributed by atoms with Crippen LogP contribution in [0.3, 0.4) is 0 Å². The summed E-state index contributed by atoms with van der Waals surface area (Å²) in [4.78, 5) is 18.1. The van der Waals surface area contributed by atoms with Crippen LogP contribution in [0.25, 0.3) is 0 Å². The Kier molecular flexibility index (Phi) is 4.19. The van der Waals surface area contributed by atoms with E-state index in [1.807, 2.05) is 6.92 Å². The molecule has 1 aromatic heterocycles. The molecular weight excluding hydrogens is 279 g/mol. The quantitative estimate of drug-likeness (QED) is 0.909. The highest BCUT2D eigenvalue weighted by Gasteiger charge is 2.20. The Morgan fingerprint density at radius 3 is 2.95 bits per heavy atom. The number of halogens is 1. The molecule has 0 radical (unpaired) electrons. The van der Waals surface area contributed by atoms with Gasteiger partial charge in [0, 0.05) is 19.3 Å². The van der Waals surface area contributed by atoms with Gasteiger partial charge in [0.05, 0.1) is 0 Å². The van der Waals surface area contributed by atoms with Crippen LogP contribution in [0.4, 0.5) is 21.0 Å². The normalized spacial score (nSPS) is 10.3. The van der Waals surface area contributed by atoms with Gasteiger partial charge in [0.2, 0.25) is 0 Å². The van der Waals surface area contributed by atoms with Crippen LogP contribution in [0.5, 0.6) is 0 Å². The first kappa shape index (κ1) is 14.3. The summed E-state index contributed by atoms with van der Waals surface area (Å²) >= 11 is 1.19. The Morgan fingerprint density at radius 1 is 1.55 bits per heavy atom. The molecule has 0 aliphatic heterocycles. The molecule has 0 fully saturated rings. The number of nitrogens with two attached hydrogens (primary N) is 1. The van der Waals surface area contributed by atoms with Crippen molar-refractivity contribution in [3.05, 3.63) is 35.0 Å². The summed E-state index contributed by atoms with van der Waals surface area (Å²) in [5.41, 5.74) is 6.22. The van der Waals surface area contributed by atoms with Crippen molar-refractivity contribution < 1.29 is 9.18 Å². The minimum atomic E-state index is -0.396. The van der Waals surface area contributed by atoms with Crippen LogP contribution in [0, 0.1) is 5.82 Å². The predicted molar refractivity (Wildman–Crippen MR) is 79.8 cm³/mol. The van der Waals surface area contributed by atoms with Gasteiger partial charge >= 0.3 is 0 Å². The van der Waals surface area contributed by atoms with Crippen molar-refractivity contribution >= 4 is 33.9 Å². The van der Waals surface area contributed by atoms with Crippen molar-refractivity contribution in [3.63, 3.8) is 0 Å². The van der Waals surface area contributed by atoms with Crippen molar-refractivity contribution in [1.29, 1.82) is 0 Å². The predicted octanol–water partition coefficient (Wildman–Crippen LogP) is 2.57. The number of nitrogen functional groups attached to an aromatic ring is 1. The van der Waals surface area contributed by atoms with Crippen LogP contribution in [-0.2, 0) is 0 Å². The molecule has 2 rings (SSSR count). The zero-order chi connectivity index (χ0) is 14.7. The SMILES string of the molecule is CCNc1nc(N)c(C(=O)N(C)c2cccc(F)c2)s1. The summed E-state index contributed by atoms with van der Waals surface area (Å²) < 4.78 is 13.2. The second-order valence-electron chi connectivity index (χ2n) is 4.11. The van der Waals surface area contributed by atoms with Crippen molar-refractivity contribution in [1.82, 2.24) is 4.98 Å². The summed E-state index contributed by atoms with van der Waals surface area (Å²) in [6.07, 6.45) is 0. The zero-order valence-electron chi connectivity index (χ0n) is 11.2. The van der Waals surface area contributed by atoms with Gasteiger partial charge in [-0.15, -0.1) is 0 Å². The Labute approximate surface area is 120 Å². The lowest BCUT2D eigenvalue weighted by atomic mass is 10.3. The molecule has 1 amide bonds. The third-order valence-electron chi connectivity index (χ3n) is 2.68. The molecule has 3 N–H and O–H groups in total. The number of benzene rings is 1. The van der Waals surface area contributed by atoms with E-state index in [-0.39, 0.29) is 11.7 Å². The van der Waals surface area contributed by atoms with Crippen LogP contribution < -0.4 is 16.0 Å².